The van der Waals surface area contributed by atoms with E-state index in [1.807, 2.05) is 22.9 Å². The first-order valence-electron chi connectivity index (χ1n) is 8.78. The minimum Gasteiger partial charge on any atom is -0.497 e. The molecule has 6 heteroatoms. The van der Waals surface area contributed by atoms with Gasteiger partial charge in [0.05, 0.1) is 14.2 Å². The highest BCUT2D eigenvalue weighted by molar-refractivity contribution is 5.77. The van der Waals surface area contributed by atoms with Gasteiger partial charge in [-0.1, -0.05) is 12.1 Å². The summed E-state index contributed by atoms with van der Waals surface area (Å²) >= 11 is 0. The molecule has 1 aromatic heterocycles. The lowest BCUT2D eigenvalue weighted by atomic mass is 9.98. The molecule has 0 amide bonds. The van der Waals surface area contributed by atoms with Gasteiger partial charge in [0, 0.05) is 11.3 Å². The van der Waals surface area contributed by atoms with Crippen LogP contribution in [0.3, 0.4) is 0 Å². The van der Waals surface area contributed by atoms with Crippen molar-refractivity contribution in [2.24, 2.45) is 0 Å². The van der Waals surface area contributed by atoms with Gasteiger partial charge in [0.2, 0.25) is 5.95 Å². The molecule has 0 aliphatic carbocycles. The number of rotatable bonds is 4. The highest BCUT2D eigenvalue weighted by atomic mass is 16.5. The zero-order valence-electron chi connectivity index (χ0n) is 15.9. The number of anilines is 1. The number of fused-ring (bicyclic) bond motifs is 1. The SMILES string of the molecule is COc1ccc(OC)c([C@H]2C=C(c3ccc(C)c(C)c3)Nc3ncnn32)c1. The van der Waals surface area contributed by atoms with E-state index in [1.54, 1.807) is 20.5 Å². The van der Waals surface area contributed by atoms with Crippen molar-refractivity contribution < 1.29 is 9.47 Å². The molecule has 3 aromatic rings. The molecule has 1 aliphatic heterocycles. The number of ether oxygens (including phenoxy) is 2. The second-order valence-corrected chi connectivity index (χ2v) is 6.59. The maximum absolute atomic E-state index is 5.60. The molecule has 138 valence electrons. The summed E-state index contributed by atoms with van der Waals surface area (Å²) < 4.78 is 12.9. The summed E-state index contributed by atoms with van der Waals surface area (Å²) in [5.41, 5.74) is 5.58. The van der Waals surface area contributed by atoms with Crippen LogP contribution in [0.15, 0.2) is 48.8 Å². The van der Waals surface area contributed by atoms with Gasteiger partial charge >= 0.3 is 0 Å². The van der Waals surface area contributed by atoms with Gasteiger partial charge in [-0.15, -0.1) is 0 Å². The van der Waals surface area contributed by atoms with Gasteiger partial charge in [-0.2, -0.15) is 10.1 Å². The number of hydrogen-bond donors (Lipinski definition) is 1. The Kier molecular flexibility index (Phi) is 4.32. The van der Waals surface area contributed by atoms with Crippen molar-refractivity contribution in [3.05, 3.63) is 71.1 Å². The third-order valence-electron chi connectivity index (χ3n) is 4.98. The van der Waals surface area contributed by atoms with E-state index in [1.165, 1.54) is 11.1 Å². The molecule has 0 saturated carbocycles. The second-order valence-electron chi connectivity index (χ2n) is 6.59. The molecule has 0 spiro atoms. The Morgan fingerprint density at radius 3 is 2.59 bits per heavy atom. The van der Waals surface area contributed by atoms with E-state index in [9.17, 15) is 0 Å². The average molecular weight is 362 g/mol. The molecular formula is C21H22N4O2. The zero-order valence-corrected chi connectivity index (χ0v) is 15.9. The van der Waals surface area contributed by atoms with Crippen LogP contribution in [0.25, 0.3) is 5.70 Å². The topological polar surface area (TPSA) is 61.2 Å². The Bertz CT molecular complexity index is 1020. The van der Waals surface area contributed by atoms with Crippen LogP contribution in [-0.4, -0.2) is 29.0 Å². The van der Waals surface area contributed by atoms with Crippen molar-refractivity contribution in [2.75, 3.05) is 19.5 Å². The van der Waals surface area contributed by atoms with Crippen LogP contribution >= 0.6 is 0 Å². The number of benzene rings is 2. The van der Waals surface area contributed by atoms with Gasteiger partial charge in [-0.25, -0.2) is 4.68 Å². The standard InChI is InChI=1S/C21H22N4O2/c1-13-5-6-15(9-14(13)2)18-11-19(25-21(24-18)22-12-23-25)17-10-16(26-3)7-8-20(17)27-4/h5-12,19H,1-4H3,(H,22,23,24)/t19-/m1/s1. The number of hydrogen-bond acceptors (Lipinski definition) is 5. The molecule has 6 nitrogen and oxygen atoms in total. The molecule has 4 rings (SSSR count). The van der Waals surface area contributed by atoms with Crippen LogP contribution in [0.4, 0.5) is 5.95 Å². The van der Waals surface area contributed by atoms with Gasteiger partial charge in [-0.3, -0.25) is 0 Å². The predicted molar refractivity (Wildman–Crippen MR) is 105 cm³/mol. The Morgan fingerprint density at radius 1 is 1.00 bits per heavy atom. The molecule has 0 fully saturated rings. The Morgan fingerprint density at radius 2 is 1.85 bits per heavy atom. The lowest BCUT2D eigenvalue weighted by Gasteiger charge is -2.26. The minimum absolute atomic E-state index is 0.162. The third-order valence-corrected chi connectivity index (χ3v) is 4.98. The van der Waals surface area contributed by atoms with E-state index in [4.69, 9.17) is 9.47 Å². The van der Waals surface area contributed by atoms with Crippen molar-refractivity contribution in [1.29, 1.82) is 0 Å². The minimum atomic E-state index is -0.162. The number of aryl methyl sites for hydroxylation is 2. The van der Waals surface area contributed by atoms with Crippen molar-refractivity contribution in [3.8, 4) is 11.5 Å². The molecular weight excluding hydrogens is 340 g/mol. The fourth-order valence-electron chi connectivity index (χ4n) is 3.30. The van der Waals surface area contributed by atoms with Gasteiger partial charge in [-0.05, 0) is 60.9 Å². The lowest BCUT2D eigenvalue weighted by Crippen LogP contribution is -2.20. The van der Waals surface area contributed by atoms with E-state index >= 15 is 0 Å². The summed E-state index contributed by atoms with van der Waals surface area (Å²) in [6, 6.07) is 12.1. The van der Waals surface area contributed by atoms with Crippen LogP contribution < -0.4 is 14.8 Å². The lowest BCUT2D eigenvalue weighted by molar-refractivity contribution is 0.394. The largest absolute Gasteiger partial charge is 0.497 e. The van der Waals surface area contributed by atoms with E-state index in [0.717, 1.165) is 28.3 Å². The first-order chi connectivity index (χ1) is 13.1. The zero-order chi connectivity index (χ0) is 19.0. The first kappa shape index (κ1) is 17.1. The third kappa shape index (κ3) is 3.03. The van der Waals surface area contributed by atoms with Crippen molar-refractivity contribution in [1.82, 2.24) is 14.8 Å². The van der Waals surface area contributed by atoms with E-state index in [0.29, 0.717) is 5.95 Å². The van der Waals surface area contributed by atoms with Gasteiger partial charge in [0.25, 0.3) is 0 Å². The Labute approximate surface area is 158 Å². The predicted octanol–water partition coefficient (Wildman–Crippen LogP) is 3.97. The van der Waals surface area contributed by atoms with Crippen LogP contribution in [0.1, 0.15) is 28.3 Å². The average Bonchev–Trinajstić information content (AvgIpc) is 3.17. The maximum Gasteiger partial charge on any atom is 0.226 e. The smallest absolute Gasteiger partial charge is 0.226 e. The number of nitrogens with one attached hydrogen (secondary N) is 1. The molecule has 1 aliphatic rings. The van der Waals surface area contributed by atoms with Crippen LogP contribution in [0, 0.1) is 13.8 Å². The molecule has 0 radical (unpaired) electrons. The molecule has 1 N–H and O–H groups in total. The van der Waals surface area contributed by atoms with Gasteiger partial charge < -0.3 is 14.8 Å². The normalized spacial score (nSPS) is 15.6. The van der Waals surface area contributed by atoms with E-state index in [2.05, 4.69) is 53.5 Å². The summed E-state index contributed by atoms with van der Waals surface area (Å²) in [6.07, 6.45) is 3.70. The van der Waals surface area contributed by atoms with Crippen LogP contribution in [-0.2, 0) is 0 Å². The molecule has 0 saturated heterocycles. The van der Waals surface area contributed by atoms with Crippen molar-refractivity contribution >= 4 is 11.6 Å². The monoisotopic (exact) mass is 362 g/mol. The summed E-state index contributed by atoms with van der Waals surface area (Å²) in [6.45, 7) is 4.23. The molecule has 2 heterocycles. The Hall–Kier alpha value is -3.28. The highest BCUT2D eigenvalue weighted by Crippen LogP contribution is 2.37. The summed E-state index contributed by atoms with van der Waals surface area (Å²) in [7, 11) is 3.33. The second kappa shape index (κ2) is 6.79. The molecule has 1 atom stereocenters. The number of aromatic nitrogens is 3. The number of nitrogens with zero attached hydrogens (tertiary/aromatic N) is 3. The fraction of sp³-hybridized carbons (Fsp3) is 0.238. The van der Waals surface area contributed by atoms with Crippen molar-refractivity contribution in [2.45, 2.75) is 19.9 Å². The van der Waals surface area contributed by atoms with Crippen LogP contribution in [0.5, 0.6) is 11.5 Å². The molecule has 0 unspecified atom stereocenters. The van der Waals surface area contributed by atoms with Gasteiger partial charge in [0.15, 0.2) is 0 Å². The fourth-order valence-corrected chi connectivity index (χ4v) is 3.30. The number of allylic oxidation sites excluding steroid dienone is 1. The maximum atomic E-state index is 5.60. The molecule has 27 heavy (non-hydrogen) atoms. The van der Waals surface area contributed by atoms with E-state index in [-0.39, 0.29) is 6.04 Å². The summed E-state index contributed by atoms with van der Waals surface area (Å²) in [5, 5.41) is 7.79. The van der Waals surface area contributed by atoms with Crippen molar-refractivity contribution in [3.63, 3.8) is 0 Å². The molecule has 2 aromatic carbocycles. The quantitative estimate of drug-likeness (QED) is 0.761. The van der Waals surface area contributed by atoms with E-state index < -0.39 is 0 Å². The Balaban J connectivity index is 1.86. The highest BCUT2D eigenvalue weighted by Gasteiger charge is 2.26. The molecule has 0 bridgehead atoms. The summed E-state index contributed by atoms with van der Waals surface area (Å²) in [5.74, 6) is 2.24. The van der Waals surface area contributed by atoms with Crippen LogP contribution in [0.2, 0.25) is 0 Å². The number of methoxy groups -OCH3 is 2. The summed E-state index contributed by atoms with van der Waals surface area (Å²) in [4.78, 5) is 4.37. The van der Waals surface area contributed by atoms with Gasteiger partial charge in [0.1, 0.15) is 23.9 Å². The first-order valence-corrected chi connectivity index (χ1v) is 8.78.